The van der Waals surface area contributed by atoms with Crippen molar-refractivity contribution in [3.8, 4) is 5.75 Å². The van der Waals surface area contributed by atoms with Crippen molar-refractivity contribution in [2.45, 2.75) is 6.54 Å². The van der Waals surface area contributed by atoms with Crippen LogP contribution in [0.3, 0.4) is 0 Å². The molecule has 0 saturated heterocycles. The highest BCUT2D eigenvalue weighted by Gasteiger charge is 1.97. The number of benzene rings is 2. The van der Waals surface area contributed by atoms with Crippen molar-refractivity contribution in [3.63, 3.8) is 0 Å². The van der Waals surface area contributed by atoms with E-state index in [0.29, 0.717) is 6.61 Å². The molecule has 1 N–H and O–H groups in total. The summed E-state index contributed by atoms with van der Waals surface area (Å²) in [6, 6.07) is 18.5. The first-order valence-electron chi connectivity index (χ1n) is 7.13. The highest BCUT2D eigenvalue weighted by Crippen LogP contribution is 2.20. The predicted octanol–water partition coefficient (Wildman–Crippen LogP) is 3.40. The smallest absolute Gasteiger partial charge is 0.120 e. The average Bonchev–Trinajstić information content (AvgIpc) is 2.55. The zero-order chi connectivity index (χ0) is 14.3. The molecule has 3 aromatic rings. The van der Waals surface area contributed by atoms with E-state index in [4.69, 9.17) is 4.74 Å². The zero-order valence-electron chi connectivity index (χ0n) is 11.8. The Labute approximate surface area is 124 Å². The number of fused-ring (bicyclic) bond motifs is 1. The van der Waals surface area contributed by atoms with Gasteiger partial charge in [-0.1, -0.05) is 36.4 Å². The summed E-state index contributed by atoms with van der Waals surface area (Å²) in [7, 11) is 0. The molecule has 0 radical (unpaired) electrons. The van der Waals surface area contributed by atoms with Crippen LogP contribution in [0, 0.1) is 0 Å². The van der Waals surface area contributed by atoms with Crippen molar-refractivity contribution in [3.05, 3.63) is 72.6 Å². The molecule has 0 amide bonds. The number of nitrogens with zero attached hydrogens (tertiary/aromatic N) is 1. The number of rotatable bonds is 6. The zero-order valence-corrected chi connectivity index (χ0v) is 11.8. The van der Waals surface area contributed by atoms with Crippen LogP contribution in [-0.4, -0.2) is 18.1 Å². The standard InChI is InChI=1S/C18H18N2O/c1-2-6-17-12-18(8-7-16(17)5-1)21-11-10-20-14-15-4-3-9-19-13-15/h1-9,12-13,20H,10-11,14H2. The van der Waals surface area contributed by atoms with Crippen LogP contribution in [-0.2, 0) is 6.54 Å². The van der Waals surface area contributed by atoms with Gasteiger partial charge in [0, 0.05) is 25.5 Å². The van der Waals surface area contributed by atoms with Gasteiger partial charge in [-0.2, -0.15) is 0 Å². The van der Waals surface area contributed by atoms with Gasteiger partial charge < -0.3 is 10.1 Å². The molecule has 0 aliphatic rings. The minimum Gasteiger partial charge on any atom is -0.492 e. The largest absolute Gasteiger partial charge is 0.492 e. The van der Waals surface area contributed by atoms with Crippen LogP contribution in [0.15, 0.2) is 67.0 Å². The maximum absolute atomic E-state index is 5.77. The lowest BCUT2D eigenvalue weighted by molar-refractivity contribution is 0.314. The number of pyridine rings is 1. The van der Waals surface area contributed by atoms with E-state index >= 15 is 0 Å². The third-order valence-electron chi connectivity index (χ3n) is 3.32. The lowest BCUT2D eigenvalue weighted by atomic mass is 10.1. The fraction of sp³-hybridized carbons (Fsp3) is 0.167. The van der Waals surface area contributed by atoms with Gasteiger partial charge in [0.05, 0.1) is 0 Å². The van der Waals surface area contributed by atoms with E-state index in [1.807, 2.05) is 30.5 Å². The molecule has 0 unspecified atom stereocenters. The van der Waals surface area contributed by atoms with Crippen molar-refractivity contribution in [1.82, 2.24) is 10.3 Å². The van der Waals surface area contributed by atoms with Gasteiger partial charge in [0.25, 0.3) is 0 Å². The number of ether oxygens (including phenoxy) is 1. The van der Waals surface area contributed by atoms with Gasteiger partial charge in [0.15, 0.2) is 0 Å². The van der Waals surface area contributed by atoms with Crippen molar-refractivity contribution < 1.29 is 4.74 Å². The highest BCUT2D eigenvalue weighted by atomic mass is 16.5. The van der Waals surface area contributed by atoms with Crippen LogP contribution in [0.4, 0.5) is 0 Å². The minimum absolute atomic E-state index is 0.651. The van der Waals surface area contributed by atoms with Crippen LogP contribution in [0.25, 0.3) is 10.8 Å². The maximum Gasteiger partial charge on any atom is 0.120 e. The second-order valence-corrected chi connectivity index (χ2v) is 4.90. The molecule has 0 aliphatic heterocycles. The first kappa shape index (κ1) is 13.6. The van der Waals surface area contributed by atoms with Crippen LogP contribution in [0.1, 0.15) is 5.56 Å². The van der Waals surface area contributed by atoms with Crippen molar-refractivity contribution >= 4 is 10.8 Å². The normalized spacial score (nSPS) is 10.7. The third kappa shape index (κ3) is 3.80. The Morgan fingerprint density at radius 1 is 0.952 bits per heavy atom. The molecule has 106 valence electrons. The summed E-state index contributed by atoms with van der Waals surface area (Å²) in [6.45, 7) is 2.27. The quantitative estimate of drug-likeness (QED) is 0.702. The Hall–Kier alpha value is -2.39. The second-order valence-electron chi connectivity index (χ2n) is 4.90. The van der Waals surface area contributed by atoms with Crippen LogP contribution < -0.4 is 10.1 Å². The van der Waals surface area contributed by atoms with Gasteiger partial charge in [0.2, 0.25) is 0 Å². The molecule has 0 atom stereocenters. The van der Waals surface area contributed by atoms with Crippen LogP contribution in [0.5, 0.6) is 5.75 Å². The van der Waals surface area contributed by atoms with E-state index in [1.165, 1.54) is 16.3 Å². The van der Waals surface area contributed by atoms with E-state index < -0.39 is 0 Å². The molecule has 3 rings (SSSR count). The molecule has 21 heavy (non-hydrogen) atoms. The van der Waals surface area contributed by atoms with Gasteiger partial charge in [0.1, 0.15) is 12.4 Å². The van der Waals surface area contributed by atoms with Gasteiger partial charge in [-0.15, -0.1) is 0 Å². The second kappa shape index (κ2) is 6.86. The first-order valence-corrected chi connectivity index (χ1v) is 7.13. The van der Waals surface area contributed by atoms with E-state index in [-0.39, 0.29) is 0 Å². The summed E-state index contributed by atoms with van der Waals surface area (Å²) in [5.41, 5.74) is 1.18. The predicted molar refractivity (Wildman–Crippen MR) is 85.4 cm³/mol. The lowest BCUT2D eigenvalue weighted by Crippen LogP contribution is -2.20. The van der Waals surface area contributed by atoms with Gasteiger partial charge in [-0.05, 0) is 34.5 Å². The first-order chi connectivity index (χ1) is 10.4. The summed E-state index contributed by atoms with van der Waals surface area (Å²) < 4.78 is 5.77. The Balaban J connectivity index is 1.46. The van der Waals surface area contributed by atoms with Gasteiger partial charge in [-0.25, -0.2) is 0 Å². The van der Waals surface area contributed by atoms with Gasteiger partial charge >= 0.3 is 0 Å². The molecule has 0 fully saturated rings. The number of hydrogen-bond acceptors (Lipinski definition) is 3. The molecule has 0 aliphatic carbocycles. The van der Waals surface area contributed by atoms with E-state index in [1.54, 1.807) is 6.20 Å². The molecule has 0 spiro atoms. The number of aromatic nitrogens is 1. The van der Waals surface area contributed by atoms with Crippen molar-refractivity contribution in [2.24, 2.45) is 0 Å². The molecule has 0 bridgehead atoms. The lowest BCUT2D eigenvalue weighted by Gasteiger charge is -2.08. The summed E-state index contributed by atoms with van der Waals surface area (Å²) in [6.07, 6.45) is 3.66. The van der Waals surface area contributed by atoms with Crippen molar-refractivity contribution in [1.29, 1.82) is 0 Å². The SMILES string of the molecule is c1cncc(CNCCOc2ccc3ccccc3c2)c1. The topological polar surface area (TPSA) is 34.2 Å². The molecule has 1 aromatic heterocycles. The molecule has 3 nitrogen and oxygen atoms in total. The van der Waals surface area contributed by atoms with Crippen LogP contribution in [0.2, 0.25) is 0 Å². The maximum atomic E-state index is 5.77. The summed E-state index contributed by atoms with van der Waals surface area (Å²) in [5, 5.41) is 5.79. The molecule has 0 saturated carbocycles. The monoisotopic (exact) mass is 278 g/mol. The Morgan fingerprint density at radius 3 is 2.71 bits per heavy atom. The fourth-order valence-electron chi connectivity index (χ4n) is 2.23. The molecule has 3 heteroatoms. The van der Waals surface area contributed by atoms with E-state index in [2.05, 4.69) is 40.6 Å². The molecular formula is C18H18N2O. The Morgan fingerprint density at radius 2 is 1.86 bits per heavy atom. The van der Waals surface area contributed by atoms with Crippen molar-refractivity contribution in [2.75, 3.05) is 13.2 Å². The minimum atomic E-state index is 0.651. The average molecular weight is 278 g/mol. The van der Waals surface area contributed by atoms with Gasteiger partial charge in [-0.3, -0.25) is 4.98 Å². The van der Waals surface area contributed by atoms with E-state index in [9.17, 15) is 0 Å². The molecular weight excluding hydrogens is 260 g/mol. The summed E-state index contributed by atoms with van der Waals surface area (Å²) >= 11 is 0. The molecule has 1 heterocycles. The highest BCUT2D eigenvalue weighted by molar-refractivity contribution is 5.83. The third-order valence-corrected chi connectivity index (χ3v) is 3.32. The summed E-state index contributed by atoms with van der Waals surface area (Å²) in [4.78, 5) is 4.09. The number of hydrogen-bond donors (Lipinski definition) is 1. The number of nitrogens with one attached hydrogen (secondary N) is 1. The fourth-order valence-corrected chi connectivity index (χ4v) is 2.23. The molecule has 2 aromatic carbocycles. The van der Waals surface area contributed by atoms with E-state index in [0.717, 1.165) is 18.8 Å². The Bertz CT molecular complexity index is 698. The summed E-state index contributed by atoms with van der Waals surface area (Å²) in [5.74, 6) is 0.914. The Kier molecular flexibility index (Phi) is 4.44. The van der Waals surface area contributed by atoms with Crippen LogP contribution >= 0.6 is 0 Å².